The number of hydrogen-bond acceptors (Lipinski definition) is 4. The van der Waals surface area contributed by atoms with Crippen molar-refractivity contribution in [3.8, 4) is 0 Å². The first kappa shape index (κ1) is 13.6. The Kier molecular flexibility index (Phi) is 3.47. The molecule has 17 heavy (non-hydrogen) atoms. The highest BCUT2D eigenvalue weighted by atomic mass is 79.9. The van der Waals surface area contributed by atoms with Gasteiger partial charge in [0.1, 0.15) is 0 Å². The highest BCUT2D eigenvalue weighted by molar-refractivity contribution is 9.10. The van der Waals surface area contributed by atoms with Crippen molar-refractivity contribution in [1.82, 2.24) is 0 Å². The van der Waals surface area contributed by atoms with Crippen LogP contribution in [0.25, 0.3) is 0 Å². The zero-order valence-electron chi connectivity index (χ0n) is 10.5. The lowest BCUT2D eigenvalue weighted by Gasteiger charge is -2.32. The molecule has 1 atom stereocenters. The summed E-state index contributed by atoms with van der Waals surface area (Å²) in [7, 11) is -0.394. The summed E-state index contributed by atoms with van der Waals surface area (Å²) in [6, 6.07) is 1.99. The van der Waals surface area contributed by atoms with E-state index in [9.17, 15) is 0 Å². The van der Waals surface area contributed by atoms with Gasteiger partial charge in [-0.1, -0.05) is 0 Å². The maximum Gasteiger partial charge on any atom is 0.481 e. The lowest BCUT2D eigenvalue weighted by molar-refractivity contribution is 0.00578. The Labute approximate surface area is 115 Å². The molecular formula is C11H17BBrNO2S. The van der Waals surface area contributed by atoms with Crippen LogP contribution in [0, 0.1) is 0 Å². The SMILES string of the molecule is CC1(C)OB([C@H](N)c2sccc2Br)OC1(C)C. The lowest BCUT2D eigenvalue weighted by atomic mass is 9.78. The molecule has 0 aromatic carbocycles. The third kappa shape index (κ3) is 2.33. The molecule has 1 aromatic rings. The summed E-state index contributed by atoms with van der Waals surface area (Å²) in [5.74, 6) is -0.259. The maximum atomic E-state index is 6.22. The van der Waals surface area contributed by atoms with E-state index >= 15 is 0 Å². The number of hydrogen-bond donors (Lipinski definition) is 1. The first-order valence-corrected chi connectivity index (χ1v) is 7.26. The predicted octanol–water partition coefficient (Wildman–Crippen LogP) is 3.14. The molecule has 1 aliphatic rings. The van der Waals surface area contributed by atoms with Crippen LogP contribution in [-0.2, 0) is 9.31 Å². The number of rotatable bonds is 2. The molecule has 0 unspecified atom stereocenters. The van der Waals surface area contributed by atoms with E-state index in [4.69, 9.17) is 15.0 Å². The summed E-state index contributed by atoms with van der Waals surface area (Å²) in [4.78, 5) is 1.06. The monoisotopic (exact) mass is 317 g/mol. The quantitative estimate of drug-likeness (QED) is 0.852. The van der Waals surface area contributed by atoms with E-state index < -0.39 is 7.12 Å². The molecule has 1 aromatic heterocycles. The normalized spacial score (nSPS) is 24.0. The molecule has 0 bridgehead atoms. The van der Waals surface area contributed by atoms with Gasteiger partial charge in [0, 0.05) is 9.35 Å². The van der Waals surface area contributed by atoms with Crippen molar-refractivity contribution >= 4 is 34.4 Å². The molecular weight excluding hydrogens is 301 g/mol. The van der Waals surface area contributed by atoms with Crippen molar-refractivity contribution < 1.29 is 9.31 Å². The topological polar surface area (TPSA) is 44.5 Å². The molecule has 1 fully saturated rings. The standard InChI is InChI=1S/C11H17BBrNO2S/c1-10(2)11(3,4)16-12(15-10)9(14)8-7(13)5-6-17-8/h5-6,9H,14H2,1-4H3/t9-/m1/s1. The Morgan fingerprint density at radius 1 is 1.29 bits per heavy atom. The van der Waals surface area contributed by atoms with Gasteiger partial charge in [-0.15, -0.1) is 11.3 Å². The summed E-state index contributed by atoms with van der Waals surface area (Å²) in [5.41, 5.74) is 5.55. The minimum atomic E-state index is -0.394. The van der Waals surface area contributed by atoms with Crippen molar-refractivity contribution in [1.29, 1.82) is 0 Å². The molecule has 6 heteroatoms. The average Bonchev–Trinajstić information content (AvgIpc) is 2.68. The second-order valence-corrected chi connectivity index (χ2v) is 7.09. The Bertz CT molecular complexity index is 405. The highest BCUT2D eigenvalue weighted by Crippen LogP contribution is 2.41. The molecule has 1 saturated heterocycles. The van der Waals surface area contributed by atoms with Crippen molar-refractivity contribution in [2.45, 2.75) is 44.8 Å². The fraction of sp³-hybridized carbons (Fsp3) is 0.636. The molecule has 2 N–H and O–H groups in total. The van der Waals surface area contributed by atoms with Crippen LogP contribution < -0.4 is 5.73 Å². The van der Waals surface area contributed by atoms with Gasteiger partial charge in [0.05, 0.1) is 17.1 Å². The fourth-order valence-corrected chi connectivity index (χ4v) is 3.35. The molecule has 2 rings (SSSR count). The van der Waals surface area contributed by atoms with Gasteiger partial charge < -0.3 is 15.0 Å². The number of thiophene rings is 1. The highest BCUT2D eigenvalue weighted by Gasteiger charge is 2.53. The number of nitrogens with two attached hydrogens (primary N) is 1. The number of halogens is 1. The Morgan fingerprint density at radius 2 is 1.82 bits per heavy atom. The summed E-state index contributed by atoms with van der Waals surface area (Å²) in [6.07, 6.45) is 0. The molecule has 94 valence electrons. The van der Waals surface area contributed by atoms with Gasteiger partial charge in [-0.3, -0.25) is 0 Å². The largest absolute Gasteiger partial charge is 0.481 e. The fourth-order valence-electron chi connectivity index (χ4n) is 1.70. The zero-order chi connectivity index (χ0) is 12.8. The van der Waals surface area contributed by atoms with Crippen LogP contribution in [0.2, 0.25) is 0 Å². The predicted molar refractivity (Wildman–Crippen MR) is 75.0 cm³/mol. The Morgan fingerprint density at radius 3 is 2.24 bits per heavy atom. The molecule has 2 heterocycles. The summed E-state index contributed by atoms with van der Waals surface area (Å²) >= 11 is 5.10. The van der Waals surface area contributed by atoms with Crippen LogP contribution in [0.4, 0.5) is 0 Å². The zero-order valence-corrected chi connectivity index (χ0v) is 12.9. The minimum Gasteiger partial charge on any atom is -0.402 e. The van der Waals surface area contributed by atoms with Crippen LogP contribution >= 0.6 is 27.3 Å². The first-order chi connectivity index (χ1) is 7.74. The molecule has 0 radical (unpaired) electrons. The third-order valence-corrected chi connectivity index (χ3v) is 5.48. The minimum absolute atomic E-state index is 0.259. The Hall–Kier alpha value is 0.125. The van der Waals surface area contributed by atoms with Gasteiger partial charge in [-0.2, -0.15) is 0 Å². The molecule has 0 saturated carbocycles. The van der Waals surface area contributed by atoms with Crippen LogP contribution in [0.1, 0.15) is 38.5 Å². The van der Waals surface area contributed by atoms with Crippen molar-refractivity contribution in [3.05, 3.63) is 20.8 Å². The molecule has 0 amide bonds. The van der Waals surface area contributed by atoms with E-state index in [1.54, 1.807) is 11.3 Å². The van der Waals surface area contributed by atoms with Crippen LogP contribution in [-0.4, -0.2) is 18.3 Å². The van der Waals surface area contributed by atoms with Crippen molar-refractivity contribution in [2.24, 2.45) is 5.73 Å². The van der Waals surface area contributed by atoms with Crippen LogP contribution in [0.3, 0.4) is 0 Å². The maximum absolute atomic E-state index is 6.22. The van der Waals surface area contributed by atoms with Crippen molar-refractivity contribution in [3.63, 3.8) is 0 Å². The third-order valence-electron chi connectivity index (χ3n) is 3.51. The smallest absolute Gasteiger partial charge is 0.402 e. The van der Waals surface area contributed by atoms with Gasteiger partial charge in [0.25, 0.3) is 0 Å². The molecule has 3 nitrogen and oxygen atoms in total. The second kappa shape index (κ2) is 4.35. The van der Waals surface area contributed by atoms with Gasteiger partial charge in [0.15, 0.2) is 0 Å². The molecule has 1 aliphatic heterocycles. The molecule has 0 spiro atoms. The van der Waals surface area contributed by atoms with Crippen LogP contribution in [0.15, 0.2) is 15.9 Å². The van der Waals surface area contributed by atoms with E-state index in [2.05, 4.69) is 15.9 Å². The van der Waals surface area contributed by atoms with E-state index in [0.29, 0.717) is 0 Å². The first-order valence-electron chi connectivity index (χ1n) is 5.59. The van der Waals surface area contributed by atoms with Gasteiger partial charge in [-0.05, 0) is 55.1 Å². The molecule has 0 aliphatic carbocycles. The Balaban J connectivity index is 2.19. The van der Waals surface area contributed by atoms with E-state index in [1.165, 1.54) is 0 Å². The van der Waals surface area contributed by atoms with E-state index in [1.807, 2.05) is 39.1 Å². The van der Waals surface area contributed by atoms with E-state index in [0.717, 1.165) is 9.35 Å². The second-order valence-electron chi connectivity index (χ2n) is 5.28. The van der Waals surface area contributed by atoms with Gasteiger partial charge in [-0.25, -0.2) is 0 Å². The summed E-state index contributed by atoms with van der Waals surface area (Å²) in [5, 5.41) is 2.00. The van der Waals surface area contributed by atoms with Crippen molar-refractivity contribution in [2.75, 3.05) is 0 Å². The van der Waals surface area contributed by atoms with Gasteiger partial charge in [0.2, 0.25) is 0 Å². The van der Waals surface area contributed by atoms with Gasteiger partial charge >= 0.3 is 7.12 Å². The average molecular weight is 318 g/mol. The summed E-state index contributed by atoms with van der Waals surface area (Å²) < 4.78 is 12.9. The summed E-state index contributed by atoms with van der Waals surface area (Å²) in [6.45, 7) is 8.12. The van der Waals surface area contributed by atoms with Crippen LogP contribution in [0.5, 0.6) is 0 Å². The van der Waals surface area contributed by atoms with E-state index in [-0.39, 0.29) is 17.1 Å². The lowest BCUT2D eigenvalue weighted by Crippen LogP contribution is -2.41.